The molecule has 3 aromatic rings. The Hall–Kier alpha value is -2.71. The Morgan fingerprint density at radius 1 is 1.05 bits per heavy atom. The molecule has 0 aliphatic carbocycles. The number of nitrogens with zero attached hydrogens (tertiary/aromatic N) is 2. The second kappa shape index (κ2) is 5.58. The van der Waals surface area contributed by atoms with Crippen molar-refractivity contribution >= 4 is 26.9 Å². The summed E-state index contributed by atoms with van der Waals surface area (Å²) in [6.45, 7) is 0. The zero-order valence-corrected chi connectivity index (χ0v) is 12.1. The number of nitrogens with one attached hydrogen (secondary N) is 2. The standard InChI is InChI=1S/C14H12N4O3S/c19-11-7-6-10-9-15-14(16-13(10)8-11)17-18-22(20,21)12-4-2-1-3-5-12/h1-9,18-19H,(H,15,16,17). The highest BCUT2D eigenvalue weighted by atomic mass is 32.2. The van der Waals surface area contributed by atoms with Gasteiger partial charge in [0.2, 0.25) is 5.95 Å². The van der Waals surface area contributed by atoms with Crippen LogP contribution < -0.4 is 10.3 Å². The summed E-state index contributed by atoms with van der Waals surface area (Å²) in [7, 11) is -3.71. The number of phenolic OH excluding ortho intramolecular Hbond substituents is 1. The van der Waals surface area contributed by atoms with Gasteiger partial charge in [0.15, 0.2) is 0 Å². The molecule has 0 unspecified atom stereocenters. The number of aromatic nitrogens is 2. The lowest BCUT2D eigenvalue weighted by Gasteiger charge is -2.08. The lowest BCUT2D eigenvalue weighted by molar-refractivity contribution is 0.476. The molecular weight excluding hydrogens is 304 g/mol. The molecule has 1 heterocycles. The number of sulfonamides is 1. The summed E-state index contributed by atoms with van der Waals surface area (Å²) in [6, 6.07) is 12.6. The minimum Gasteiger partial charge on any atom is -0.508 e. The normalized spacial score (nSPS) is 11.5. The molecule has 0 aliphatic heterocycles. The second-order valence-corrected chi connectivity index (χ2v) is 6.16. The topological polar surface area (TPSA) is 104 Å². The summed E-state index contributed by atoms with van der Waals surface area (Å²) in [5, 5.41) is 10.2. The van der Waals surface area contributed by atoms with Gasteiger partial charge in [0.25, 0.3) is 10.0 Å². The van der Waals surface area contributed by atoms with Gasteiger partial charge in [0, 0.05) is 17.6 Å². The molecule has 0 bridgehead atoms. The van der Waals surface area contributed by atoms with Gasteiger partial charge < -0.3 is 5.11 Å². The van der Waals surface area contributed by atoms with E-state index >= 15 is 0 Å². The largest absolute Gasteiger partial charge is 0.508 e. The molecule has 112 valence electrons. The third kappa shape index (κ3) is 2.97. The number of aromatic hydroxyl groups is 1. The Kier molecular flexibility index (Phi) is 3.61. The molecule has 8 heteroatoms. The number of rotatable bonds is 4. The maximum absolute atomic E-state index is 12.1. The Balaban J connectivity index is 1.82. The van der Waals surface area contributed by atoms with E-state index in [2.05, 4.69) is 20.2 Å². The van der Waals surface area contributed by atoms with Gasteiger partial charge in [0.1, 0.15) is 5.75 Å². The Morgan fingerprint density at radius 2 is 1.82 bits per heavy atom. The van der Waals surface area contributed by atoms with Gasteiger partial charge in [-0.1, -0.05) is 18.2 Å². The fraction of sp³-hybridized carbons (Fsp3) is 0. The summed E-state index contributed by atoms with van der Waals surface area (Å²) in [5.41, 5.74) is 2.95. The fourth-order valence-electron chi connectivity index (χ4n) is 1.84. The van der Waals surface area contributed by atoms with Gasteiger partial charge in [-0.2, -0.15) is 0 Å². The zero-order chi connectivity index (χ0) is 15.6. The van der Waals surface area contributed by atoms with Gasteiger partial charge in [0.05, 0.1) is 10.4 Å². The van der Waals surface area contributed by atoms with E-state index in [0.717, 1.165) is 5.39 Å². The minimum absolute atomic E-state index is 0.0713. The summed E-state index contributed by atoms with van der Waals surface area (Å²) >= 11 is 0. The highest BCUT2D eigenvalue weighted by molar-refractivity contribution is 7.89. The molecule has 3 rings (SSSR count). The van der Waals surface area contributed by atoms with Crippen LogP contribution in [0, 0.1) is 0 Å². The number of hydrogen-bond donors (Lipinski definition) is 3. The highest BCUT2D eigenvalue weighted by Crippen LogP contribution is 2.18. The fourth-order valence-corrected chi connectivity index (χ4v) is 2.70. The molecule has 0 fully saturated rings. The summed E-state index contributed by atoms with van der Waals surface area (Å²) in [4.78, 5) is 10.5. The van der Waals surface area contributed by atoms with Crippen molar-refractivity contribution in [3.63, 3.8) is 0 Å². The summed E-state index contributed by atoms with van der Waals surface area (Å²) in [5.74, 6) is 0.152. The second-order valence-electron chi connectivity index (χ2n) is 4.48. The molecule has 0 aliphatic rings. The van der Waals surface area contributed by atoms with Gasteiger partial charge in [-0.25, -0.2) is 18.4 Å². The SMILES string of the molecule is O=S(=O)(NNc1ncc2ccc(O)cc2n1)c1ccccc1. The molecule has 1 aromatic heterocycles. The van der Waals surface area contributed by atoms with E-state index in [9.17, 15) is 13.5 Å². The number of hydrazine groups is 1. The van der Waals surface area contributed by atoms with Crippen molar-refractivity contribution in [2.45, 2.75) is 4.90 Å². The zero-order valence-electron chi connectivity index (χ0n) is 11.3. The van der Waals surface area contributed by atoms with E-state index in [1.54, 1.807) is 24.3 Å². The average molecular weight is 316 g/mol. The first kappa shape index (κ1) is 14.2. The number of anilines is 1. The third-order valence-corrected chi connectivity index (χ3v) is 4.18. The van der Waals surface area contributed by atoms with Crippen LogP contribution in [0.25, 0.3) is 10.9 Å². The van der Waals surface area contributed by atoms with E-state index in [4.69, 9.17) is 0 Å². The molecule has 0 radical (unpaired) electrons. The molecule has 22 heavy (non-hydrogen) atoms. The van der Waals surface area contributed by atoms with Crippen LogP contribution in [0.3, 0.4) is 0 Å². The molecule has 0 amide bonds. The first-order chi connectivity index (χ1) is 10.5. The van der Waals surface area contributed by atoms with E-state index in [1.165, 1.54) is 30.5 Å². The van der Waals surface area contributed by atoms with Crippen molar-refractivity contribution in [2.24, 2.45) is 0 Å². The molecule has 0 atom stereocenters. The lowest BCUT2D eigenvalue weighted by atomic mass is 10.2. The van der Waals surface area contributed by atoms with Gasteiger partial charge in [-0.05, 0) is 24.3 Å². The molecule has 2 aromatic carbocycles. The van der Waals surface area contributed by atoms with Crippen LogP contribution in [0.1, 0.15) is 0 Å². The smallest absolute Gasteiger partial charge is 0.257 e. The van der Waals surface area contributed by atoms with Crippen molar-refractivity contribution in [1.29, 1.82) is 0 Å². The molecular formula is C14H12N4O3S. The van der Waals surface area contributed by atoms with Crippen LogP contribution in [0.4, 0.5) is 5.95 Å². The van der Waals surface area contributed by atoms with E-state index in [0.29, 0.717) is 5.52 Å². The predicted octanol–water partition coefficient (Wildman–Crippen LogP) is 1.64. The number of hydrogen-bond acceptors (Lipinski definition) is 6. The Labute approximate surface area is 126 Å². The Morgan fingerprint density at radius 3 is 2.59 bits per heavy atom. The van der Waals surface area contributed by atoms with Crippen LogP contribution >= 0.6 is 0 Å². The molecule has 0 saturated heterocycles. The first-order valence-corrected chi connectivity index (χ1v) is 7.81. The predicted molar refractivity (Wildman–Crippen MR) is 81.6 cm³/mol. The maximum Gasteiger partial charge on any atom is 0.257 e. The van der Waals surface area contributed by atoms with Crippen molar-refractivity contribution < 1.29 is 13.5 Å². The van der Waals surface area contributed by atoms with Crippen molar-refractivity contribution in [3.05, 3.63) is 54.7 Å². The minimum atomic E-state index is -3.71. The van der Waals surface area contributed by atoms with Gasteiger partial charge >= 0.3 is 0 Å². The monoisotopic (exact) mass is 316 g/mol. The highest BCUT2D eigenvalue weighted by Gasteiger charge is 2.13. The van der Waals surface area contributed by atoms with Gasteiger partial charge in [-0.3, -0.25) is 5.43 Å². The van der Waals surface area contributed by atoms with Crippen LogP contribution in [-0.2, 0) is 10.0 Å². The third-order valence-electron chi connectivity index (χ3n) is 2.92. The number of fused-ring (bicyclic) bond motifs is 1. The van der Waals surface area contributed by atoms with Crippen molar-refractivity contribution in [3.8, 4) is 5.75 Å². The number of phenols is 1. The van der Waals surface area contributed by atoms with Gasteiger partial charge in [-0.15, -0.1) is 4.83 Å². The quantitative estimate of drug-likeness (QED) is 0.632. The van der Waals surface area contributed by atoms with E-state index < -0.39 is 10.0 Å². The molecule has 0 saturated carbocycles. The van der Waals surface area contributed by atoms with Crippen LogP contribution in [0.5, 0.6) is 5.75 Å². The van der Waals surface area contributed by atoms with Crippen LogP contribution in [0.15, 0.2) is 59.6 Å². The van der Waals surface area contributed by atoms with E-state index in [-0.39, 0.29) is 16.6 Å². The van der Waals surface area contributed by atoms with Crippen molar-refractivity contribution in [2.75, 3.05) is 5.43 Å². The number of benzene rings is 2. The first-order valence-electron chi connectivity index (χ1n) is 6.33. The summed E-state index contributed by atoms with van der Waals surface area (Å²) < 4.78 is 24.1. The van der Waals surface area contributed by atoms with Crippen molar-refractivity contribution in [1.82, 2.24) is 14.8 Å². The molecule has 7 nitrogen and oxygen atoms in total. The van der Waals surface area contributed by atoms with Crippen LogP contribution in [-0.4, -0.2) is 23.5 Å². The average Bonchev–Trinajstić information content (AvgIpc) is 2.53. The van der Waals surface area contributed by atoms with E-state index in [1.807, 2.05) is 0 Å². The Bertz CT molecular complexity index is 914. The lowest BCUT2D eigenvalue weighted by Crippen LogP contribution is -2.30. The van der Waals surface area contributed by atoms with Crippen LogP contribution in [0.2, 0.25) is 0 Å². The molecule has 0 spiro atoms. The maximum atomic E-state index is 12.1. The molecule has 3 N–H and O–H groups in total. The summed E-state index contributed by atoms with van der Waals surface area (Å²) in [6.07, 6.45) is 1.53.